The van der Waals surface area contributed by atoms with Crippen LogP contribution < -0.4 is 10.2 Å². The number of aromatic nitrogens is 1. The fourth-order valence-corrected chi connectivity index (χ4v) is 5.96. The monoisotopic (exact) mass is 435 g/mol. The van der Waals surface area contributed by atoms with Crippen LogP contribution in [0.4, 0.5) is 11.4 Å². The largest absolute Gasteiger partial charge is 0.352 e. The molecule has 4 heterocycles. The first-order chi connectivity index (χ1) is 16.0. The zero-order valence-corrected chi connectivity index (χ0v) is 17.9. The van der Waals surface area contributed by atoms with Crippen molar-refractivity contribution in [1.29, 1.82) is 0 Å². The number of benzene rings is 2. The number of ketones is 2. The molecule has 3 aliphatic rings. The van der Waals surface area contributed by atoms with Crippen molar-refractivity contribution in [3.63, 3.8) is 0 Å². The smallest absolute Gasteiger partial charge is 0.238 e. The standard InChI is InChI=1S/C27H21N3O3/c1-16(31)24-23(25(32)18-8-6-14-28-15-18)27(19-9-3-4-10-20(19)29-26(27)33)22-13-12-17-7-2-5-11-21(17)30(22)24/h2-15,22-24H,1H3,(H,29,33). The van der Waals surface area contributed by atoms with Crippen molar-refractivity contribution >= 4 is 34.9 Å². The molecule has 4 unspecified atom stereocenters. The van der Waals surface area contributed by atoms with E-state index in [0.717, 1.165) is 16.8 Å². The van der Waals surface area contributed by atoms with E-state index >= 15 is 0 Å². The van der Waals surface area contributed by atoms with Crippen LogP contribution in [0.25, 0.3) is 6.08 Å². The van der Waals surface area contributed by atoms with E-state index in [0.29, 0.717) is 11.3 Å². The molecular weight excluding hydrogens is 414 g/mol. The van der Waals surface area contributed by atoms with Crippen molar-refractivity contribution in [3.8, 4) is 0 Å². The van der Waals surface area contributed by atoms with Crippen LogP contribution in [0.3, 0.4) is 0 Å². The predicted octanol–water partition coefficient (Wildman–Crippen LogP) is 3.64. The van der Waals surface area contributed by atoms with Gasteiger partial charge < -0.3 is 10.2 Å². The van der Waals surface area contributed by atoms with Crippen LogP contribution >= 0.6 is 0 Å². The maximum absolute atomic E-state index is 14.1. The van der Waals surface area contributed by atoms with Gasteiger partial charge in [-0.25, -0.2) is 0 Å². The first-order valence-electron chi connectivity index (χ1n) is 11.0. The fraction of sp³-hybridized carbons (Fsp3) is 0.185. The van der Waals surface area contributed by atoms with Gasteiger partial charge in [-0.05, 0) is 42.3 Å². The number of nitrogens with one attached hydrogen (secondary N) is 1. The van der Waals surface area contributed by atoms with Crippen molar-refractivity contribution < 1.29 is 14.4 Å². The number of carbonyl (C=O) groups excluding carboxylic acids is 3. The Hall–Kier alpha value is -4.06. The summed E-state index contributed by atoms with van der Waals surface area (Å²) >= 11 is 0. The number of amides is 1. The van der Waals surface area contributed by atoms with E-state index in [4.69, 9.17) is 0 Å². The summed E-state index contributed by atoms with van der Waals surface area (Å²) in [5, 5.41) is 3.00. The van der Waals surface area contributed by atoms with E-state index in [1.807, 2.05) is 65.6 Å². The number of anilines is 2. The number of nitrogens with zero attached hydrogens (tertiary/aromatic N) is 2. The van der Waals surface area contributed by atoms with Crippen LogP contribution in [-0.4, -0.2) is 34.5 Å². The first kappa shape index (κ1) is 19.6. The van der Waals surface area contributed by atoms with E-state index in [1.54, 1.807) is 18.3 Å². The minimum Gasteiger partial charge on any atom is -0.352 e. The Kier molecular flexibility index (Phi) is 4.14. The zero-order chi connectivity index (χ0) is 22.7. The quantitative estimate of drug-likeness (QED) is 0.636. The van der Waals surface area contributed by atoms with Gasteiger partial charge in [-0.15, -0.1) is 0 Å². The van der Waals surface area contributed by atoms with Crippen molar-refractivity contribution in [2.24, 2.45) is 5.92 Å². The summed E-state index contributed by atoms with van der Waals surface area (Å²) in [6.45, 7) is 1.50. The molecule has 0 aliphatic carbocycles. The number of Topliss-reactive ketones (excluding diaryl/α,β-unsaturated/α-hetero) is 2. The van der Waals surface area contributed by atoms with Crippen LogP contribution in [0.2, 0.25) is 0 Å². The molecule has 1 fully saturated rings. The summed E-state index contributed by atoms with van der Waals surface area (Å²) in [4.78, 5) is 47.3. The molecule has 1 N–H and O–H groups in total. The zero-order valence-electron chi connectivity index (χ0n) is 17.9. The molecule has 1 aromatic heterocycles. The number of carbonyl (C=O) groups is 3. The van der Waals surface area contributed by atoms with Gasteiger partial charge in [-0.2, -0.15) is 0 Å². The molecule has 0 saturated carbocycles. The number of para-hydroxylation sites is 2. The molecule has 4 atom stereocenters. The maximum atomic E-state index is 14.1. The topological polar surface area (TPSA) is 79.4 Å². The molecule has 1 spiro atoms. The van der Waals surface area contributed by atoms with Crippen molar-refractivity contribution in [2.45, 2.75) is 24.4 Å². The minimum atomic E-state index is -1.25. The van der Waals surface area contributed by atoms with E-state index < -0.39 is 23.4 Å². The van der Waals surface area contributed by atoms with Gasteiger partial charge in [-0.1, -0.05) is 48.6 Å². The van der Waals surface area contributed by atoms with Gasteiger partial charge in [0.2, 0.25) is 5.91 Å². The summed E-state index contributed by atoms with van der Waals surface area (Å²) < 4.78 is 0. The minimum absolute atomic E-state index is 0.151. The summed E-state index contributed by atoms with van der Waals surface area (Å²) in [5.41, 5.74) is 2.38. The number of hydrogen-bond donors (Lipinski definition) is 1. The normalized spacial score (nSPS) is 26.5. The average molecular weight is 435 g/mol. The van der Waals surface area contributed by atoms with Gasteiger partial charge in [0.1, 0.15) is 5.41 Å². The third-order valence-electron chi connectivity index (χ3n) is 7.19. The molecule has 33 heavy (non-hydrogen) atoms. The molecule has 0 radical (unpaired) electrons. The van der Waals surface area contributed by atoms with Crippen molar-refractivity contribution in [3.05, 3.63) is 95.8 Å². The number of rotatable bonds is 3. The lowest BCUT2D eigenvalue weighted by Crippen LogP contribution is -2.51. The first-order valence-corrected chi connectivity index (χ1v) is 11.0. The highest BCUT2D eigenvalue weighted by Crippen LogP contribution is 2.57. The van der Waals surface area contributed by atoms with Crippen LogP contribution in [0.1, 0.15) is 28.4 Å². The second-order valence-electron chi connectivity index (χ2n) is 8.78. The van der Waals surface area contributed by atoms with Crippen molar-refractivity contribution in [2.75, 3.05) is 10.2 Å². The third kappa shape index (κ3) is 2.49. The second kappa shape index (κ2) is 6.97. The molecule has 6 nitrogen and oxygen atoms in total. The van der Waals surface area contributed by atoms with Crippen LogP contribution in [0, 0.1) is 5.92 Å². The molecular formula is C27H21N3O3. The molecule has 0 bridgehead atoms. The Morgan fingerprint density at radius 1 is 1.03 bits per heavy atom. The number of fused-ring (bicyclic) bond motifs is 6. The summed E-state index contributed by atoms with van der Waals surface area (Å²) in [6, 6.07) is 17.4. The third-order valence-corrected chi connectivity index (χ3v) is 7.19. The predicted molar refractivity (Wildman–Crippen MR) is 125 cm³/mol. The molecule has 3 aliphatic heterocycles. The fourth-order valence-electron chi connectivity index (χ4n) is 5.96. The highest BCUT2D eigenvalue weighted by molar-refractivity contribution is 6.16. The maximum Gasteiger partial charge on any atom is 0.238 e. The summed E-state index contributed by atoms with van der Waals surface area (Å²) in [5.74, 6) is -1.57. The van der Waals surface area contributed by atoms with Crippen LogP contribution in [-0.2, 0) is 15.0 Å². The van der Waals surface area contributed by atoms with E-state index in [-0.39, 0.29) is 17.5 Å². The summed E-state index contributed by atoms with van der Waals surface area (Å²) in [6.07, 6.45) is 7.06. The molecule has 1 amide bonds. The summed E-state index contributed by atoms with van der Waals surface area (Å²) in [7, 11) is 0. The van der Waals surface area contributed by atoms with E-state index in [2.05, 4.69) is 10.3 Å². The highest BCUT2D eigenvalue weighted by Gasteiger charge is 2.69. The van der Waals surface area contributed by atoms with Crippen LogP contribution in [0.15, 0.2) is 79.1 Å². The molecule has 6 rings (SSSR count). The lowest BCUT2D eigenvalue weighted by atomic mass is 9.64. The molecule has 1 saturated heterocycles. The lowest BCUT2D eigenvalue weighted by Gasteiger charge is -2.37. The highest BCUT2D eigenvalue weighted by atomic mass is 16.2. The Morgan fingerprint density at radius 3 is 2.61 bits per heavy atom. The molecule has 3 aromatic rings. The Labute approximate surface area is 191 Å². The Morgan fingerprint density at radius 2 is 1.82 bits per heavy atom. The van der Waals surface area contributed by atoms with Gasteiger partial charge in [0.25, 0.3) is 0 Å². The molecule has 6 heteroatoms. The van der Waals surface area contributed by atoms with E-state index in [9.17, 15) is 14.4 Å². The Bertz CT molecular complexity index is 1350. The van der Waals surface area contributed by atoms with Gasteiger partial charge in [0.15, 0.2) is 11.6 Å². The van der Waals surface area contributed by atoms with Gasteiger partial charge in [-0.3, -0.25) is 19.4 Å². The lowest BCUT2D eigenvalue weighted by molar-refractivity contribution is -0.122. The van der Waals surface area contributed by atoms with Gasteiger partial charge >= 0.3 is 0 Å². The van der Waals surface area contributed by atoms with Crippen LogP contribution in [0.5, 0.6) is 0 Å². The van der Waals surface area contributed by atoms with E-state index in [1.165, 1.54) is 13.1 Å². The number of pyridine rings is 1. The number of hydrogen-bond acceptors (Lipinski definition) is 5. The van der Waals surface area contributed by atoms with Gasteiger partial charge in [0, 0.05) is 29.3 Å². The second-order valence-corrected chi connectivity index (χ2v) is 8.78. The average Bonchev–Trinajstić information content (AvgIpc) is 3.32. The Balaban J connectivity index is 1.67. The van der Waals surface area contributed by atoms with Gasteiger partial charge in [0.05, 0.1) is 18.0 Å². The molecule has 162 valence electrons. The van der Waals surface area contributed by atoms with Crippen molar-refractivity contribution in [1.82, 2.24) is 4.98 Å². The SMILES string of the molecule is CC(=O)C1C(C(=O)c2cccnc2)C2(C(=O)Nc3ccccc32)C2C=Cc3ccccc3N12. The molecule has 2 aromatic carbocycles.